The molecule has 1 unspecified atom stereocenters. The lowest BCUT2D eigenvalue weighted by molar-refractivity contribution is 0.0345. The lowest BCUT2D eigenvalue weighted by Crippen LogP contribution is -2.08. The van der Waals surface area contributed by atoms with Gasteiger partial charge in [-0.2, -0.15) is 0 Å². The molecular weight excluding hydrogens is 216 g/mol. The average Bonchev–Trinajstić information content (AvgIpc) is 2.38. The predicted molar refractivity (Wildman–Crippen MR) is 68.3 cm³/mol. The van der Waals surface area contributed by atoms with Crippen LogP contribution in [-0.4, -0.2) is 25.4 Å². The highest BCUT2D eigenvalue weighted by atomic mass is 16.5. The highest BCUT2D eigenvalue weighted by Crippen LogP contribution is 2.17. The van der Waals surface area contributed by atoms with Gasteiger partial charge in [0, 0.05) is 6.61 Å². The number of ether oxygens (including phenoxy) is 2. The molecule has 0 heterocycles. The molecule has 1 N–H and O–H groups in total. The Morgan fingerprint density at radius 3 is 2.47 bits per heavy atom. The minimum atomic E-state index is -0.553. The zero-order chi connectivity index (χ0) is 12.5. The molecule has 0 amide bonds. The second-order valence-corrected chi connectivity index (χ2v) is 4.07. The second-order valence-electron chi connectivity index (χ2n) is 4.07. The van der Waals surface area contributed by atoms with Crippen LogP contribution < -0.4 is 4.74 Å². The SMILES string of the molecule is CCCCCOCC(O)c1ccc(OC)cc1. The molecule has 17 heavy (non-hydrogen) atoms. The summed E-state index contributed by atoms with van der Waals surface area (Å²) in [4.78, 5) is 0. The third-order valence-corrected chi connectivity index (χ3v) is 2.67. The molecular formula is C14H22O3. The van der Waals surface area contributed by atoms with Crippen LogP contribution in [0.3, 0.4) is 0 Å². The molecule has 0 aliphatic rings. The third kappa shape index (κ3) is 5.20. The quantitative estimate of drug-likeness (QED) is 0.708. The van der Waals surface area contributed by atoms with Crippen molar-refractivity contribution in [3.05, 3.63) is 29.8 Å². The molecule has 0 saturated heterocycles. The molecule has 1 aromatic carbocycles. The molecule has 0 aromatic heterocycles. The molecule has 96 valence electrons. The number of aliphatic hydroxyl groups is 1. The van der Waals surface area contributed by atoms with Gasteiger partial charge in [-0.25, -0.2) is 0 Å². The Morgan fingerprint density at radius 2 is 1.88 bits per heavy atom. The molecule has 0 spiro atoms. The lowest BCUT2D eigenvalue weighted by atomic mass is 10.1. The molecule has 0 aliphatic heterocycles. The summed E-state index contributed by atoms with van der Waals surface area (Å²) in [7, 11) is 1.63. The maximum Gasteiger partial charge on any atom is 0.118 e. The minimum Gasteiger partial charge on any atom is -0.497 e. The van der Waals surface area contributed by atoms with Crippen LogP contribution in [0.4, 0.5) is 0 Å². The second kappa shape index (κ2) is 8.09. The van der Waals surface area contributed by atoms with Crippen molar-refractivity contribution in [1.82, 2.24) is 0 Å². The number of unbranched alkanes of at least 4 members (excludes halogenated alkanes) is 2. The van der Waals surface area contributed by atoms with Gasteiger partial charge in [-0.1, -0.05) is 31.9 Å². The van der Waals surface area contributed by atoms with E-state index in [9.17, 15) is 5.11 Å². The Morgan fingerprint density at radius 1 is 1.18 bits per heavy atom. The summed E-state index contributed by atoms with van der Waals surface area (Å²) >= 11 is 0. The summed E-state index contributed by atoms with van der Waals surface area (Å²) in [6.45, 7) is 3.24. The van der Waals surface area contributed by atoms with E-state index in [0.29, 0.717) is 6.61 Å². The summed E-state index contributed by atoms with van der Waals surface area (Å²) in [5.74, 6) is 0.796. The van der Waals surface area contributed by atoms with Crippen molar-refractivity contribution in [2.75, 3.05) is 20.3 Å². The first-order valence-electron chi connectivity index (χ1n) is 6.17. The number of methoxy groups -OCH3 is 1. The molecule has 1 rings (SSSR count). The molecule has 0 bridgehead atoms. The van der Waals surface area contributed by atoms with Crippen LogP contribution in [0, 0.1) is 0 Å². The van der Waals surface area contributed by atoms with Crippen molar-refractivity contribution in [2.45, 2.75) is 32.3 Å². The van der Waals surface area contributed by atoms with Crippen LogP contribution in [-0.2, 0) is 4.74 Å². The van der Waals surface area contributed by atoms with Crippen molar-refractivity contribution in [1.29, 1.82) is 0 Å². The minimum absolute atomic E-state index is 0.357. The Labute approximate surface area is 103 Å². The molecule has 1 aromatic rings. The first-order chi connectivity index (χ1) is 8.27. The first-order valence-corrected chi connectivity index (χ1v) is 6.17. The van der Waals surface area contributed by atoms with Gasteiger partial charge < -0.3 is 14.6 Å². The van der Waals surface area contributed by atoms with Gasteiger partial charge in [0.15, 0.2) is 0 Å². The third-order valence-electron chi connectivity index (χ3n) is 2.67. The Kier molecular flexibility index (Phi) is 6.67. The van der Waals surface area contributed by atoms with Gasteiger partial charge in [0.05, 0.1) is 13.7 Å². The van der Waals surface area contributed by atoms with Gasteiger partial charge in [0.2, 0.25) is 0 Å². The van der Waals surface area contributed by atoms with Gasteiger partial charge in [-0.05, 0) is 24.1 Å². The molecule has 0 aliphatic carbocycles. The number of hydrogen-bond acceptors (Lipinski definition) is 3. The normalized spacial score (nSPS) is 12.4. The fraction of sp³-hybridized carbons (Fsp3) is 0.571. The van der Waals surface area contributed by atoms with E-state index in [1.807, 2.05) is 24.3 Å². The Balaban J connectivity index is 2.28. The van der Waals surface area contributed by atoms with E-state index in [0.717, 1.165) is 24.3 Å². The number of benzene rings is 1. The predicted octanol–water partition coefficient (Wildman–Crippen LogP) is 2.94. The van der Waals surface area contributed by atoms with Crippen LogP contribution in [0.1, 0.15) is 37.9 Å². The maximum atomic E-state index is 9.87. The van der Waals surface area contributed by atoms with Crippen molar-refractivity contribution >= 4 is 0 Å². The number of aliphatic hydroxyl groups excluding tert-OH is 1. The Hall–Kier alpha value is -1.06. The van der Waals surface area contributed by atoms with E-state index >= 15 is 0 Å². The van der Waals surface area contributed by atoms with Crippen molar-refractivity contribution in [3.8, 4) is 5.75 Å². The monoisotopic (exact) mass is 238 g/mol. The molecule has 1 atom stereocenters. The zero-order valence-electron chi connectivity index (χ0n) is 10.7. The van der Waals surface area contributed by atoms with Gasteiger partial charge in [0.1, 0.15) is 11.9 Å². The van der Waals surface area contributed by atoms with E-state index in [1.54, 1.807) is 7.11 Å². The summed E-state index contributed by atoms with van der Waals surface area (Å²) in [5.41, 5.74) is 0.862. The smallest absolute Gasteiger partial charge is 0.118 e. The highest BCUT2D eigenvalue weighted by molar-refractivity contribution is 5.28. The Bertz CT molecular complexity index is 295. The van der Waals surface area contributed by atoms with E-state index < -0.39 is 6.10 Å². The van der Waals surface area contributed by atoms with E-state index in [-0.39, 0.29) is 0 Å². The summed E-state index contributed by atoms with van der Waals surface area (Å²) in [6, 6.07) is 7.41. The van der Waals surface area contributed by atoms with Gasteiger partial charge >= 0.3 is 0 Å². The number of hydrogen-bond donors (Lipinski definition) is 1. The summed E-state index contributed by atoms with van der Waals surface area (Å²) in [5, 5.41) is 9.87. The standard InChI is InChI=1S/C14H22O3/c1-3-4-5-10-17-11-14(15)12-6-8-13(16-2)9-7-12/h6-9,14-15H,3-5,10-11H2,1-2H3. The van der Waals surface area contributed by atoms with Crippen LogP contribution >= 0.6 is 0 Å². The average molecular weight is 238 g/mol. The van der Waals surface area contributed by atoms with Crippen LogP contribution in [0.25, 0.3) is 0 Å². The first kappa shape index (κ1) is 14.0. The molecule has 3 nitrogen and oxygen atoms in total. The largest absolute Gasteiger partial charge is 0.497 e. The molecule has 0 radical (unpaired) electrons. The molecule has 0 fully saturated rings. The number of rotatable bonds is 8. The van der Waals surface area contributed by atoms with Gasteiger partial charge in [-0.15, -0.1) is 0 Å². The fourth-order valence-corrected chi connectivity index (χ4v) is 1.57. The van der Waals surface area contributed by atoms with E-state index in [1.165, 1.54) is 12.8 Å². The fourth-order valence-electron chi connectivity index (χ4n) is 1.57. The van der Waals surface area contributed by atoms with Crippen LogP contribution in [0.2, 0.25) is 0 Å². The van der Waals surface area contributed by atoms with Crippen LogP contribution in [0.5, 0.6) is 5.75 Å². The van der Waals surface area contributed by atoms with Crippen molar-refractivity contribution in [3.63, 3.8) is 0 Å². The van der Waals surface area contributed by atoms with E-state index in [2.05, 4.69) is 6.92 Å². The zero-order valence-corrected chi connectivity index (χ0v) is 10.7. The van der Waals surface area contributed by atoms with Crippen LogP contribution in [0.15, 0.2) is 24.3 Å². The van der Waals surface area contributed by atoms with Crippen molar-refractivity contribution in [2.24, 2.45) is 0 Å². The van der Waals surface area contributed by atoms with Crippen molar-refractivity contribution < 1.29 is 14.6 Å². The topological polar surface area (TPSA) is 38.7 Å². The van der Waals surface area contributed by atoms with E-state index in [4.69, 9.17) is 9.47 Å². The maximum absolute atomic E-state index is 9.87. The summed E-state index contributed by atoms with van der Waals surface area (Å²) < 4.78 is 10.5. The van der Waals surface area contributed by atoms with Gasteiger partial charge in [0.25, 0.3) is 0 Å². The highest BCUT2D eigenvalue weighted by Gasteiger charge is 2.07. The molecule has 3 heteroatoms. The summed E-state index contributed by atoms with van der Waals surface area (Å²) in [6.07, 6.45) is 2.87. The molecule has 0 saturated carbocycles. The lowest BCUT2D eigenvalue weighted by Gasteiger charge is -2.12. The van der Waals surface area contributed by atoms with Gasteiger partial charge in [-0.3, -0.25) is 0 Å².